The van der Waals surface area contributed by atoms with Crippen LogP contribution in [0.4, 0.5) is 11.6 Å². The lowest BCUT2D eigenvalue weighted by atomic mass is 10.0. The molecule has 28 heavy (non-hydrogen) atoms. The van der Waals surface area contributed by atoms with Gasteiger partial charge < -0.3 is 10.6 Å². The highest BCUT2D eigenvalue weighted by atomic mass is 16.1. The predicted octanol–water partition coefficient (Wildman–Crippen LogP) is 3.61. The summed E-state index contributed by atoms with van der Waals surface area (Å²) in [6.45, 7) is 3.71. The van der Waals surface area contributed by atoms with Crippen LogP contribution in [0.2, 0.25) is 0 Å². The molecular weight excluding hydrogens is 348 g/mol. The summed E-state index contributed by atoms with van der Waals surface area (Å²) in [5, 5.41) is 0. The lowest BCUT2D eigenvalue weighted by Gasteiger charge is -2.30. The Morgan fingerprint density at radius 2 is 1.93 bits per heavy atom. The van der Waals surface area contributed by atoms with E-state index in [9.17, 15) is 4.79 Å². The standard InChI is InChI=1S/C23H24N4O/c1-2-16-6-8-17(9-7-16)12-22(28)18-4-3-5-20(13-18)27-11-10-21-19(15-27)14-25-23(24)26-21/h3-9,13-14H,2,10-12,15H2,1H3,(H2,24,25,26). The Labute approximate surface area is 165 Å². The summed E-state index contributed by atoms with van der Waals surface area (Å²) in [6, 6.07) is 16.2. The maximum absolute atomic E-state index is 12.8. The minimum absolute atomic E-state index is 0.139. The molecular formula is C23H24N4O. The molecule has 5 heteroatoms. The molecule has 3 aromatic rings. The molecule has 4 rings (SSSR count). The van der Waals surface area contributed by atoms with Gasteiger partial charge in [-0.2, -0.15) is 0 Å². The lowest BCUT2D eigenvalue weighted by Crippen LogP contribution is -2.31. The summed E-state index contributed by atoms with van der Waals surface area (Å²) >= 11 is 0. The number of aromatic nitrogens is 2. The van der Waals surface area contributed by atoms with Crippen molar-refractivity contribution in [2.75, 3.05) is 17.2 Å². The van der Waals surface area contributed by atoms with Gasteiger partial charge in [0.25, 0.3) is 0 Å². The SMILES string of the molecule is CCc1ccc(CC(=O)c2cccc(N3CCc4nc(N)ncc4C3)c2)cc1. The van der Waals surface area contributed by atoms with Crippen molar-refractivity contribution in [3.8, 4) is 0 Å². The fourth-order valence-corrected chi connectivity index (χ4v) is 3.61. The predicted molar refractivity (Wildman–Crippen MR) is 111 cm³/mol. The van der Waals surface area contributed by atoms with Crippen molar-refractivity contribution < 1.29 is 4.79 Å². The number of hydrogen-bond donors (Lipinski definition) is 1. The van der Waals surface area contributed by atoms with Crippen molar-refractivity contribution in [3.63, 3.8) is 0 Å². The minimum Gasteiger partial charge on any atom is -0.368 e. The average molecular weight is 372 g/mol. The first-order chi connectivity index (χ1) is 13.6. The molecule has 1 aromatic heterocycles. The quantitative estimate of drug-likeness (QED) is 0.693. The Morgan fingerprint density at radius 1 is 1.14 bits per heavy atom. The van der Waals surface area contributed by atoms with E-state index in [1.54, 1.807) is 6.20 Å². The van der Waals surface area contributed by atoms with E-state index in [1.807, 2.05) is 30.3 Å². The van der Waals surface area contributed by atoms with Crippen LogP contribution in [0.1, 0.15) is 39.7 Å². The fourth-order valence-electron chi connectivity index (χ4n) is 3.61. The van der Waals surface area contributed by atoms with Gasteiger partial charge in [-0.3, -0.25) is 4.79 Å². The molecule has 1 aliphatic heterocycles. The van der Waals surface area contributed by atoms with E-state index in [1.165, 1.54) is 5.56 Å². The van der Waals surface area contributed by atoms with Crippen LogP contribution in [0.15, 0.2) is 54.7 Å². The van der Waals surface area contributed by atoms with Crippen LogP contribution in [-0.4, -0.2) is 22.3 Å². The van der Waals surface area contributed by atoms with Crippen LogP contribution in [0.5, 0.6) is 0 Å². The molecule has 0 fully saturated rings. The third kappa shape index (κ3) is 3.88. The van der Waals surface area contributed by atoms with Gasteiger partial charge in [0.2, 0.25) is 5.95 Å². The van der Waals surface area contributed by atoms with Gasteiger partial charge in [-0.05, 0) is 29.7 Å². The largest absolute Gasteiger partial charge is 0.368 e. The monoisotopic (exact) mass is 372 g/mol. The van der Waals surface area contributed by atoms with Crippen molar-refractivity contribution >= 4 is 17.4 Å². The fraction of sp³-hybridized carbons (Fsp3) is 0.261. The summed E-state index contributed by atoms with van der Waals surface area (Å²) < 4.78 is 0. The molecule has 2 N–H and O–H groups in total. The zero-order chi connectivity index (χ0) is 19.5. The van der Waals surface area contributed by atoms with Crippen LogP contribution in [0.25, 0.3) is 0 Å². The van der Waals surface area contributed by atoms with Gasteiger partial charge in [0.1, 0.15) is 0 Å². The highest BCUT2D eigenvalue weighted by molar-refractivity contribution is 5.98. The summed E-state index contributed by atoms with van der Waals surface area (Å²) in [5.41, 5.74) is 11.9. The van der Waals surface area contributed by atoms with Crippen molar-refractivity contribution in [2.45, 2.75) is 32.7 Å². The molecule has 1 aliphatic rings. The van der Waals surface area contributed by atoms with Crippen molar-refractivity contribution in [3.05, 3.63) is 82.7 Å². The van der Waals surface area contributed by atoms with Crippen LogP contribution < -0.4 is 10.6 Å². The molecule has 0 bridgehead atoms. The van der Waals surface area contributed by atoms with E-state index in [0.29, 0.717) is 12.4 Å². The number of hydrogen-bond acceptors (Lipinski definition) is 5. The van der Waals surface area contributed by atoms with Crippen molar-refractivity contribution in [1.29, 1.82) is 0 Å². The second-order valence-corrected chi connectivity index (χ2v) is 7.19. The first-order valence-corrected chi connectivity index (χ1v) is 9.68. The van der Waals surface area contributed by atoms with Gasteiger partial charge >= 0.3 is 0 Å². The second kappa shape index (κ2) is 7.80. The van der Waals surface area contributed by atoms with E-state index in [-0.39, 0.29) is 5.78 Å². The number of Topliss-reactive ketones (excluding diaryl/α,β-unsaturated/α-hetero) is 1. The Balaban J connectivity index is 1.49. The average Bonchev–Trinajstić information content (AvgIpc) is 2.74. The van der Waals surface area contributed by atoms with Crippen LogP contribution in [-0.2, 0) is 25.8 Å². The smallest absolute Gasteiger partial charge is 0.220 e. The lowest BCUT2D eigenvalue weighted by molar-refractivity contribution is 0.0993. The number of rotatable bonds is 5. The maximum Gasteiger partial charge on any atom is 0.220 e. The van der Waals surface area contributed by atoms with E-state index in [4.69, 9.17) is 5.73 Å². The number of nitrogen functional groups attached to an aromatic ring is 1. The molecule has 0 unspecified atom stereocenters. The van der Waals surface area contributed by atoms with Crippen LogP contribution >= 0.6 is 0 Å². The number of aryl methyl sites for hydroxylation is 1. The van der Waals surface area contributed by atoms with Gasteiger partial charge in [0.05, 0.1) is 5.69 Å². The first kappa shape index (κ1) is 18.2. The van der Waals surface area contributed by atoms with Crippen LogP contribution in [0.3, 0.4) is 0 Å². The molecule has 2 aromatic carbocycles. The Hall–Kier alpha value is -3.21. The third-order valence-corrected chi connectivity index (χ3v) is 5.28. The molecule has 0 spiro atoms. The minimum atomic E-state index is 0.139. The normalized spacial score (nSPS) is 13.2. The van der Waals surface area contributed by atoms with Gasteiger partial charge in [-0.1, -0.05) is 43.3 Å². The third-order valence-electron chi connectivity index (χ3n) is 5.28. The van der Waals surface area contributed by atoms with Gasteiger partial charge in [-0.25, -0.2) is 9.97 Å². The zero-order valence-electron chi connectivity index (χ0n) is 16.1. The molecule has 2 heterocycles. The second-order valence-electron chi connectivity index (χ2n) is 7.19. The summed E-state index contributed by atoms with van der Waals surface area (Å²) in [6.07, 6.45) is 4.05. The molecule has 0 saturated heterocycles. The van der Waals surface area contributed by atoms with Gasteiger partial charge in [0, 0.05) is 48.9 Å². The number of fused-ring (bicyclic) bond motifs is 1. The van der Waals surface area contributed by atoms with Crippen molar-refractivity contribution in [1.82, 2.24) is 9.97 Å². The highest BCUT2D eigenvalue weighted by Gasteiger charge is 2.19. The van der Waals surface area contributed by atoms with Gasteiger partial charge in [-0.15, -0.1) is 0 Å². The molecule has 0 radical (unpaired) electrons. The summed E-state index contributed by atoms with van der Waals surface area (Å²) in [5.74, 6) is 0.464. The number of nitrogens with two attached hydrogens (primary N) is 1. The first-order valence-electron chi connectivity index (χ1n) is 9.68. The number of anilines is 2. The molecule has 142 valence electrons. The highest BCUT2D eigenvalue weighted by Crippen LogP contribution is 2.25. The molecule has 0 atom stereocenters. The van der Waals surface area contributed by atoms with Gasteiger partial charge in [0.15, 0.2) is 5.78 Å². The Bertz CT molecular complexity index is 998. The number of carbonyl (C=O) groups is 1. The van der Waals surface area contributed by atoms with E-state index < -0.39 is 0 Å². The van der Waals surface area contributed by atoms with E-state index in [0.717, 1.165) is 54.0 Å². The Morgan fingerprint density at radius 3 is 2.71 bits per heavy atom. The molecule has 0 amide bonds. The maximum atomic E-state index is 12.8. The van der Waals surface area contributed by atoms with E-state index in [2.05, 4.69) is 40.0 Å². The Kier molecular flexibility index (Phi) is 5.06. The number of benzene rings is 2. The zero-order valence-corrected chi connectivity index (χ0v) is 16.1. The topological polar surface area (TPSA) is 72.1 Å². The summed E-state index contributed by atoms with van der Waals surface area (Å²) in [4.78, 5) is 23.5. The number of ketones is 1. The number of carbonyl (C=O) groups excluding carboxylic acids is 1. The van der Waals surface area contributed by atoms with Crippen LogP contribution in [0, 0.1) is 0 Å². The summed E-state index contributed by atoms with van der Waals surface area (Å²) in [7, 11) is 0. The number of nitrogens with zero attached hydrogens (tertiary/aromatic N) is 3. The van der Waals surface area contributed by atoms with E-state index >= 15 is 0 Å². The molecule has 5 nitrogen and oxygen atoms in total. The van der Waals surface area contributed by atoms with Crippen molar-refractivity contribution in [2.24, 2.45) is 0 Å². The molecule has 0 saturated carbocycles. The molecule has 0 aliphatic carbocycles.